The highest BCUT2D eigenvalue weighted by Gasteiger charge is 2.40. The van der Waals surface area contributed by atoms with E-state index in [1.54, 1.807) is 0 Å². The third-order valence-electron chi connectivity index (χ3n) is 20.9. The molecule has 0 spiro atoms. The third kappa shape index (κ3) is 6.80. The number of rotatable bonds is 6. The van der Waals surface area contributed by atoms with E-state index < -0.39 is 0 Å². The first-order valence-electron chi connectivity index (χ1n) is 31.5. The normalized spacial score (nSPS) is 14.6. The molecule has 19 rings (SSSR count). The molecule has 0 bridgehead atoms. The van der Waals surface area contributed by atoms with Crippen molar-refractivity contribution in [3.05, 3.63) is 288 Å². The van der Waals surface area contributed by atoms with Gasteiger partial charge in [0.1, 0.15) is 0 Å². The monoisotopic (exact) mass is 1150 g/mol. The second kappa shape index (κ2) is 18.1. The van der Waals surface area contributed by atoms with Crippen molar-refractivity contribution < 1.29 is 0 Å². The Morgan fingerprint density at radius 2 is 0.567 bits per heavy atom. The van der Waals surface area contributed by atoms with Crippen molar-refractivity contribution in [1.82, 2.24) is 28.7 Å². The van der Waals surface area contributed by atoms with E-state index in [4.69, 9.17) is 15.0 Å². The summed E-state index contributed by atoms with van der Waals surface area (Å²) >= 11 is 0. The van der Waals surface area contributed by atoms with Crippen LogP contribution in [0.4, 0.5) is 0 Å². The van der Waals surface area contributed by atoms with Crippen molar-refractivity contribution in [2.24, 2.45) is 0 Å². The zero-order valence-electron chi connectivity index (χ0n) is 50.9. The van der Waals surface area contributed by atoms with Gasteiger partial charge in [-0.3, -0.25) is 0 Å². The summed E-state index contributed by atoms with van der Waals surface area (Å²) in [6.07, 6.45) is 0. The summed E-state index contributed by atoms with van der Waals surface area (Å²) in [6.45, 7) is 14.2. The van der Waals surface area contributed by atoms with Gasteiger partial charge < -0.3 is 13.7 Å². The Hall–Kier alpha value is -11.0. The second-order valence-corrected chi connectivity index (χ2v) is 26.7. The van der Waals surface area contributed by atoms with E-state index in [1.807, 2.05) is 0 Å². The van der Waals surface area contributed by atoms with Crippen LogP contribution in [0.2, 0.25) is 0 Å². The number of hydrogen-bond acceptors (Lipinski definition) is 3. The number of aromatic nitrogens is 6. The molecule has 6 heteroatoms. The van der Waals surface area contributed by atoms with E-state index in [9.17, 15) is 0 Å². The zero-order chi connectivity index (χ0) is 60.1. The molecule has 16 aromatic rings. The molecule has 12 aromatic carbocycles. The molecule has 0 N–H and O–H groups in total. The van der Waals surface area contributed by atoms with Crippen LogP contribution in [0.25, 0.3) is 150 Å². The molecular weight excluding hydrogens is 1090 g/mol. The van der Waals surface area contributed by atoms with E-state index in [0.717, 1.165) is 39.3 Å². The zero-order valence-corrected chi connectivity index (χ0v) is 50.9. The number of fused-ring (bicyclic) bond motifs is 21. The summed E-state index contributed by atoms with van der Waals surface area (Å²) in [5.41, 5.74) is 28.7. The Morgan fingerprint density at radius 3 is 0.944 bits per heavy atom. The first-order valence-corrected chi connectivity index (χ1v) is 31.5. The number of para-hydroxylation sites is 3. The molecular formula is C84H60N6. The summed E-state index contributed by atoms with van der Waals surface area (Å²) in [7, 11) is 0. The van der Waals surface area contributed by atoms with Gasteiger partial charge in [0.2, 0.25) is 0 Å². The van der Waals surface area contributed by atoms with Crippen LogP contribution in [0.3, 0.4) is 0 Å². The molecule has 0 aliphatic heterocycles. The molecule has 0 atom stereocenters. The Labute approximate surface area is 521 Å². The molecule has 426 valence electrons. The lowest BCUT2D eigenvalue weighted by atomic mass is 9.82. The van der Waals surface area contributed by atoms with Gasteiger partial charge in [0, 0.05) is 82.3 Å². The lowest BCUT2D eigenvalue weighted by Gasteiger charge is -2.21. The van der Waals surface area contributed by atoms with Crippen molar-refractivity contribution in [2.75, 3.05) is 0 Å². The molecule has 0 saturated heterocycles. The van der Waals surface area contributed by atoms with Gasteiger partial charge in [-0.15, -0.1) is 0 Å². The quantitative estimate of drug-likeness (QED) is 0.167. The first-order chi connectivity index (χ1) is 43.9. The van der Waals surface area contributed by atoms with E-state index >= 15 is 0 Å². The van der Waals surface area contributed by atoms with Gasteiger partial charge in [0.05, 0.1) is 33.1 Å². The van der Waals surface area contributed by atoms with Crippen LogP contribution in [0.15, 0.2) is 255 Å². The highest BCUT2D eigenvalue weighted by atomic mass is 15.0. The highest BCUT2D eigenvalue weighted by molar-refractivity contribution is 6.20. The number of nitrogens with zero attached hydrogens (tertiary/aromatic N) is 6. The van der Waals surface area contributed by atoms with Crippen LogP contribution in [0.5, 0.6) is 0 Å². The maximum absolute atomic E-state index is 5.44. The lowest BCUT2D eigenvalue weighted by Crippen LogP contribution is -2.14. The van der Waals surface area contributed by atoms with E-state index in [-0.39, 0.29) is 16.2 Å². The molecule has 6 nitrogen and oxygen atoms in total. The molecule has 90 heavy (non-hydrogen) atoms. The van der Waals surface area contributed by atoms with Gasteiger partial charge >= 0.3 is 0 Å². The van der Waals surface area contributed by atoms with Crippen LogP contribution in [0.1, 0.15) is 74.9 Å². The first kappa shape index (κ1) is 51.1. The summed E-state index contributed by atoms with van der Waals surface area (Å²) < 4.78 is 7.27. The number of benzene rings is 12. The fraction of sp³-hybridized carbons (Fsp3) is 0.107. The molecule has 4 heterocycles. The molecule has 3 aliphatic rings. The van der Waals surface area contributed by atoms with Crippen molar-refractivity contribution in [1.29, 1.82) is 0 Å². The maximum Gasteiger partial charge on any atom is 0.164 e. The van der Waals surface area contributed by atoms with E-state index in [0.29, 0.717) is 17.5 Å². The predicted molar refractivity (Wildman–Crippen MR) is 372 cm³/mol. The van der Waals surface area contributed by atoms with Crippen molar-refractivity contribution in [3.63, 3.8) is 0 Å². The molecule has 4 aromatic heterocycles. The topological polar surface area (TPSA) is 53.5 Å². The Bertz CT molecular complexity index is 5560. The van der Waals surface area contributed by atoms with Crippen LogP contribution < -0.4 is 0 Å². The van der Waals surface area contributed by atoms with E-state index in [2.05, 4.69) is 310 Å². The predicted octanol–water partition coefficient (Wildman–Crippen LogP) is 21.1. The Morgan fingerprint density at radius 1 is 0.244 bits per heavy atom. The Kier molecular flexibility index (Phi) is 10.3. The van der Waals surface area contributed by atoms with Gasteiger partial charge in [-0.25, -0.2) is 15.0 Å². The van der Waals surface area contributed by atoms with Gasteiger partial charge in [-0.2, -0.15) is 0 Å². The molecule has 0 unspecified atom stereocenters. The third-order valence-corrected chi connectivity index (χ3v) is 20.9. The minimum absolute atomic E-state index is 0.106. The van der Waals surface area contributed by atoms with Crippen LogP contribution in [0, 0.1) is 0 Å². The average Bonchev–Trinajstić information content (AvgIpc) is 1.56. The second-order valence-electron chi connectivity index (χ2n) is 26.7. The fourth-order valence-corrected chi connectivity index (χ4v) is 16.7. The van der Waals surface area contributed by atoms with Gasteiger partial charge in [-0.05, 0) is 164 Å². The molecule has 0 amide bonds. The van der Waals surface area contributed by atoms with Crippen molar-refractivity contribution in [2.45, 2.75) is 57.8 Å². The fourth-order valence-electron chi connectivity index (χ4n) is 16.7. The van der Waals surface area contributed by atoms with Gasteiger partial charge in [-0.1, -0.05) is 199 Å². The standard InChI is InChI=1S/C84H60N6/c1-82(2)61-28-13-7-22-55(61)73-64(82)42-45-70-76(73)58-25-10-16-31-67(58)88(70)52-38-34-49(35-39-52)79-85-80(50-36-40-53(41-37-50)89-68-32-17-11-26-59(68)77-71(89)46-43-65-74(77)56-23-8-14-29-62(56)83(65,3)4)87-81(86-79)51-20-19-21-54(48-51)90-69-33-18-12-27-60(69)78-72(90)47-44-66-75(78)57-24-9-15-30-63(57)84(66,5)6/h7-48H,1-6H3. The van der Waals surface area contributed by atoms with Crippen molar-refractivity contribution >= 4 is 65.4 Å². The largest absolute Gasteiger partial charge is 0.309 e. The number of hydrogen-bond donors (Lipinski definition) is 0. The minimum atomic E-state index is -0.121. The van der Waals surface area contributed by atoms with Crippen LogP contribution in [-0.4, -0.2) is 28.7 Å². The average molecular weight is 1150 g/mol. The summed E-state index contributed by atoms with van der Waals surface area (Å²) in [5.74, 6) is 1.80. The minimum Gasteiger partial charge on any atom is -0.309 e. The summed E-state index contributed by atoms with van der Waals surface area (Å²) in [5, 5.41) is 7.59. The maximum atomic E-state index is 5.44. The van der Waals surface area contributed by atoms with E-state index in [1.165, 1.54) is 127 Å². The Balaban J connectivity index is 0.771. The smallest absolute Gasteiger partial charge is 0.164 e. The lowest BCUT2D eigenvalue weighted by molar-refractivity contribution is 0.660. The van der Waals surface area contributed by atoms with Crippen LogP contribution >= 0.6 is 0 Å². The van der Waals surface area contributed by atoms with Crippen molar-refractivity contribution in [3.8, 4) is 84.6 Å². The SMILES string of the molecule is CC1(C)c2ccccc2-c2c1ccc1c2c2ccccc2n1-c1ccc(-c2nc(-c3ccc(-n4c5ccccc5c5c6c(ccc54)C(C)(C)c4ccccc4-6)cc3)nc(-c3cccc(-n4c5ccccc5c5c6c(ccc54)C(C)(C)c4ccccc4-6)c3)n2)cc1. The molecule has 3 aliphatic carbocycles. The molecule has 0 fully saturated rings. The molecule has 0 saturated carbocycles. The molecule has 0 radical (unpaired) electrons. The summed E-state index contributed by atoms with van der Waals surface area (Å²) in [4.78, 5) is 16.3. The van der Waals surface area contributed by atoms with Crippen LogP contribution in [-0.2, 0) is 16.2 Å². The van der Waals surface area contributed by atoms with Gasteiger partial charge in [0.25, 0.3) is 0 Å². The highest BCUT2D eigenvalue weighted by Crippen LogP contribution is 2.57. The summed E-state index contributed by atoms with van der Waals surface area (Å²) in [6, 6.07) is 93.9. The van der Waals surface area contributed by atoms with Gasteiger partial charge in [0.15, 0.2) is 17.5 Å².